The molecule has 3 heterocycles. The van der Waals surface area contributed by atoms with E-state index >= 15 is 0 Å². The van der Waals surface area contributed by atoms with Crippen LogP contribution in [0.25, 0.3) is 16.7 Å². The first kappa shape index (κ1) is 30.4. The Morgan fingerprint density at radius 2 is 1.66 bits per heavy atom. The van der Waals surface area contributed by atoms with Crippen LogP contribution in [0.4, 0.5) is 5.69 Å². The van der Waals surface area contributed by atoms with E-state index in [0.29, 0.717) is 28.5 Å². The molecule has 236 valence electrons. The Balaban J connectivity index is 1.07. The van der Waals surface area contributed by atoms with Crippen LogP contribution in [0.15, 0.2) is 108 Å². The highest BCUT2D eigenvalue weighted by atomic mass is 32.2. The standard InChI is InChI=1S/C34H29N7O5S/c42-19-21-5-7-22(8-6-21)31-17-27(20-47-34-38-39-40-41(34)25-13-15-26(43)16-14-25)45-33(46-31)23-9-11-24(12-10-23)36-32(44)30-18-35-28-3-1-2-4-29(28)37-30/h1-16,18,27,31,33,42-43H,17,19-20H2,(H,36,44)/t27-,31+,33+/m0/s1. The summed E-state index contributed by atoms with van der Waals surface area (Å²) >= 11 is 1.46. The molecule has 0 bridgehead atoms. The Hall–Kier alpha value is -5.21. The molecule has 0 radical (unpaired) electrons. The van der Waals surface area contributed by atoms with Gasteiger partial charge in [-0.05, 0) is 70.1 Å². The van der Waals surface area contributed by atoms with E-state index in [4.69, 9.17) is 9.47 Å². The molecule has 1 aliphatic heterocycles. The lowest BCUT2D eigenvalue weighted by molar-refractivity contribution is -0.245. The number of amides is 1. The normalized spacial score (nSPS) is 17.9. The number of phenolic OH excluding ortho intramolecular Hbond substituents is 1. The summed E-state index contributed by atoms with van der Waals surface area (Å²) in [4.78, 5) is 21.7. The fourth-order valence-corrected chi connectivity index (χ4v) is 6.11. The Morgan fingerprint density at radius 3 is 2.43 bits per heavy atom. The molecule has 6 aromatic rings. The molecule has 0 saturated carbocycles. The lowest BCUT2D eigenvalue weighted by atomic mass is 10.0. The van der Waals surface area contributed by atoms with Crippen molar-refractivity contribution in [3.8, 4) is 11.4 Å². The van der Waals surface area contributed by atoms with Crippen molar-refractivity contribution in [1.82, 2.24) is 30.2 Å². The smallest absolute Gasteiger partial charge is 0.275 e. The maximum absolute atomic E-state index is 12.9. The number of aromatic hydroxyl groups is 1. The average Bonchev–Trinajstić information content (AvgIpc) is 3.60. The van der Waals surface area contributed by atoms with Gasteiger partial charge in [0.1, 0.15) is 11.4 Å². The summed E-state index contributed by atoms with van der Waals surface area (Å²) in [5, 5.41) is 34.8. The van der Waals surface area contributed by atoms with Crippen LogP contribution >= 0.6 is 11.8 Å². The highest BCUT2D eigenvalue weighted by Crippen LogP contribution is 2.39. The third-order valence-electron chi connectivity index (χ3n) is 7.67. The van der Waals surface area contributed by atoms with Gasteiger partial charge in [0.25, 0.3) is 5.91 Å². The van der Waals surface area contributed by atoms with Gasteiger partial charge < -0.3 is 25.0 Å². The number of anilines is 1. The predicted octanol–water partition coefficient (Wildman–Crippen LogP) is 5.39. The molecule has 0 spiro atoms. The molecule has 1 fully saturated rings. The number of phenols is 1. The zero-order valence-electron chi connectivity index (χ0n) is 24.9. The van der Waals surface area contributed by atoms with Gasteiger partial charge in [-0.2, -0.15) is 4.68 Å². The largest absolute Gasteiger partial charge is 0.508 e. The summed E-state index contributed by atoms with van der Waals surface area (Å²) < 4.78 is 14.5. The van der Waals surface area contributed by atoms with Crippen LogP contribution in [0.1, 0.15) is 46.0 Å². The van der Waals surface area contributed by atoms with Crippen molar-refractivity contribution in [2.45, 2.75) is 36.7 Å². The number of nitrogens with zero attached hydrogens (tertiary/aromatic N) is 6. The predicted molar refractivity (Wildman–Crippen MR) is 174 cm³/mol. The third kappa shape index (κ3) is 6.98. The molecule has 7 rings (SSSR count). The van der Waals surface area contributed by atoms with Crippen LogP contribution in [0.2, 0.25) is 0 Å². The number of aliphatic hydroxyl groups is 1. The number of nitrogens with one attached hydrogen (secondary N) is 1. The van der Waals surface area contributed by atoms with Crippen LogP contribution in [-0.2, 0) is 16.1 Å². The molecule has 0 unspecified atom stereocenters. The first-order valence-electron chi connectivity index (χ1n) is 14.9. The van der Waals surface area contributed by atoms with Crippen LogP contribution in [-0.4, -0.2) is 58.2 Å². The molecule has 1 amide bonds. The number of rotatable bonds is 9. The number of ether oxygens (including phenoxy) is 2. The van der Waals surface area contributed by atoms with Crippen LogP contribution in [0.3, 0.4) is 0 Å². The van der Waals surface area contributed by atoms with Crippen molar-refractivity contribution < 1.29 is 24.5 Å². The molecule has 2 aromatic heterocycles. The summed E-state index contributed by atoms with van der Waals surface area (Å²) in [7, 11) is 0. The summed E-state index contributed by atoms with van der Waals surface area (Å²) in [6.45, 7) is -0.0388. The molecule has 3 N–H and O–H groups in total. The number of carbonyl (C=O) groups is 1. The second-order valence-electron chi connectivity index (χ2n) is 10.9. The minimum absolute atomic E-state index is 0.0388. The molecule has 3 atom stereocenters. The summed E-state index contributed by atoms with van der Waals surface area (Å²) in [6, 6.07) is 29.0. The van der Waals surface area contributed by atoms with Crippen LogP contribution < -0.4 is 5.32 Å². The second kappa shape index (κ2) is 13.6. The summed E-state index contributed by atoms with van der Waals surface area (Å²) in [5.74, 6) is 0.342. The van der Waals surface area contributed by atoms with Gasteiger partial charge in [-0.15, -0.1) is 5.10 Å². The highest BCUT2D eigenvalue weighted by molar-refractivity contribution is 7.99. The Morgan fingerprint density at radius 1 is 0.915 bits per heavy atom. The Kier molecular flexibility index (Phi) is 8.84. The van der Waals surface area contributed by atoms with Crippen molar-refractivity contribution in [2.75, 3.05) is 11.1 Å². The maximum Gasteiger partial charge on any atom is 0.275 e. The van der Waals surface area contributed by atoms with Crippen molar-refractivity contribution in [3.63, 3.8) is 0 Å². The number of tetrazole rings is 1. The quantitative estimate of drug-likeness (QED) is 0.173. The number of aliphatic hydroxyl groups excluding tert-OH is 1. The number of carbonyl (C=O) groups excluding carboxylic acids is 1. The number of thioether (sulfide) groups is 1. The minimum Gasteiger partial charge on any atom is -0.508 e. The molecule has 1 saturated heterocycles. The van der Waals surface area contributed by atoms with Crippen molar-refractivity contribution in [1.29, 1.82) is 0 Å². The molecular formula is C34H29N7O5S. The lowest BCUT2D eigenvalue weighted by Gasteiger charge is -2.36. The number of hydrogen-bond acceptors (Lipinski definition) is 11. The molecular weight excluding hydrogens is 618 g/mol. The third-order valence-corrected chi connectivity index (χ3v) is 8.72. The first-order valence-corrected chi connectivity index (χ1v) is 15.9. The van der Waals surface area contributed by atoms with Gasteiger partial charge in [0, 0.05) is 23.4 Å². The number of aromatic nitrogens is 6. The van der Waals surface area contributed by atoms with Gasteiger partial charge in [0.2, 0.25) is 5.16 Å². The number of para-hydroxylation sites is 2. The van der Waals surface area contributed by atoms with Crippen molar-refractivity contribution in [3.05, 3.63) is 126 Å². The maximum atomic E-state index is 12.9. The summed E-state index contributed by atoms with van der Waals surface area (Å²) in [6.07, 6.45) is 0.873. The number of benzene rings is 4. The van der Waals surface area contributed by atoms with Crippen molar-refractivity contribution >= 4 is 34.4 Å². The Bertz CT molecular complexity index is 1990. The second-order valence-corrected chi connectivity index (χ2v) is 11.9. The van der Waals surface area contributed by atoms with Crippen molar-refractivity contribution in [2.24, 2.45) is 0 Å². The molecule has 13 heteroatoms. The molecule has 1 aliphatic rings. The fraction of sp³-hybridized carbons (Fsp3) is 0.176. The van der Waals surface area contributed by atoms with E-state index in [1.54, 1.807) is 41.1 Å². The van der Waals surface area contributed by atoms with E-state index in [2.05, 4.69) is 30.8 Å². The first-order chi connectivity index (χ1) is 23.0. The molecule has 47 heavy (non-hydrogen) atoms. The summed E-state index contributed by atoms with van der Waals surface area (Å²) in [5.41, 5.74) is 5.48. The fourth-order valence-electron chi connectivity index (χ4n) is 5.20. The monoisotopic (exact) mass is 647 g/mol. The average molecular weight is 648 g/mol. The Labute approximate surface area is 273 Å². The van der Waals surface area contributed by atoms with Crippen LogP contribution in [0, 0.1) is 0 Å². The molecule has 4 aromatic carbocycles. The van der Waals surface area contributed by atoms with E-state index in [0.717, 1.165) is 27.9 Å². The number of fused-ring (bicyclic) bond motifs is 1. The van der Waals surface area contributed by atoms with E-state index in [1.165, 1.54) is 18.0 Å². The van der Waals surface area contributed by atoms with Gasteiger partial charge in [0.15, 0.2) is 6.29 Å². The van der Waals surface area contributed by atoms with Gasteiger partial charge >= 0.3 is 0 Å². The van der Waals surface area contributed by atoms with E-state index in [9.17, 15) is 15.0 Å². The van der Waals surface area contributed by atoms with Gasteiger partial charge in [-0.1, -0.05) is 60.3 Å². The molecule has 12 nitrogen and oxygen atoms in total. The molecule has 0 aliphatic carbocycles. The SMILES string of the molecule is O=C(Nc1ccc([C@@H]2O[C@H](CSc3nnnn3-c3ccc(O)cc3)C[C@H](c3ccc(CO)cc3)O2)cc1)c1cnc2ccccc2n1. The van der Waals surface area contributed by atoms with Gasteiger partial charge in [-0.25, -0.2) is 4.98 Å². The zero-order valence-corrected chi connectivity index (χ0v) is 25.7. The van der Waals surface area contributed by atoms with Gasteiger partial charge in [-0.3, -0.25) is 9.78 Å². The van der Waals surface area contributed by atoms with E-state index in [1.807, 2.05) is 60.7 Å². The van der Waals surface area contributed by atoms with E-state index < -0.39 is 6.29 Å². The minimum atomic E-state index is -0.680. The lowest BCUT2D eigenvalue weighted by Crippen LogP contribution is -2.31. The number of hydrogen-bond donors (Lipinski definition) is 3. The van der Waals surface area contributed by atoms with E-state index in [-0.39, 0.29) is 36.2 Å². The van der Waals surface area contributed by atoms with Gasteiger partial charge in [0.05, 0.1) is 41.7 Å². The van der Waals surface area contributed by atoms with Crippen LogP contribution in [0.5, 0.6) is 5.75 Å². The topological polar surface area (TPSA) is 157 Å². The zero-order chi connectivity index (χ0) is 32.2. The highest BCUT2D eigenvalue weighted by Gasteiger charge is 2.32.